The Kier molecular flexibility index (Phi) is 3.72. The summed E-state index contributed by atoms with van der Waals surface area (Å²) >= 11 is 5.83. The molecular weight excluding hydrogens is 278 g/mol. The molecule has 5 nitrogen and oxygen atoms in total. The maximum Gasteiger partial charge on any atom is 0.437 e. The molecule has 0 radical (unpaired) electrons. The number of halogens is 1. The number of anilines is 1. The Bertz CT molecular complexity index is 627. The number of hydrogen-bond acceptors (Lipinski definition) is 4. The summed E-state index contributed by atoms with van der Waals surface area (Å²) in [5, 5.41) is 4.80. The minimum Gasteiger partial charge on any atom is -0.442 e. The summed E-state index contributed by atoms with van der Waals surface area (Å²) < 4.78 is 6.28. The lowest BCUT2D eigenvalue weighted by atomic mass is 10.1. The van der Waals surface area contributed by atoms with Crippen molar-refractivity contribution in [3.05, 3.63) is 35.4 Å². The third-order valence-corrected chi connectivity index (χ3v) is 2.70. The fourth-order valence-electron chi connectivity index (χ4n) is 1.61. The normalized spacial score (nSPS) is 11.4. The highest BCUT2D eigenvalue weighted by molar-refractivity contribution is 6.30. The van der Waals surface area contributed by atoms with Gasteiger partial charge in [0.15, 0.2) is 0 Å². The fraction of sp³-hybridized carbons (Fsp3) is 0.286. The van der Waals surface area contributed by atoms with Crippen LogP contribution in [0.2, 0.25) is 5.02 Å². The Morgan fingerprint density at radius 1 is 1.30 bits per heavy atom. The van der Waals surface area contributed by atoms with Gasteiger partial charge in [0.1, 0.15) is 11.4 Å². The number of hydrogen-bond donors (Lipinski definition) is 1. The largest absolute Gasteiger partial charge is 0.442 e. The van der Waals surface area contributed by atoms with E-state index >= 15 is 0 Å². The lowest BCUT2D eigenvalue weighted by Gasteiger charge is -2.19. The first-order valence-corrected chi connectivity index (χ1v) is 6.49. The average Bonchev–Trinajstić information content (AvgIpc) is 2.70. The van der Waals surface area contributed by atoms with Crippen molar-refractivity contribution in [3.63, 3.8) is 0 Å². The molecule has 0 aliphatic carbocycles. The molecule has 0 spiro atoms. The van der Waals surface area contributed by atoms with E-state index < -0.39 is 11.7 Å². The monoisotopic (exact) mass is 293 g/mol. The Labute approximate surface area is 122 Å². The topological polar surface area (TPSA) is 70.1 Å². The van der Waals surface area contributed by atoms with Crippen LogP contribution in [0.5, 0.6) is 0 Å². The van der Waals surface area contributed by atoms with Gasteiger partial charge in [-0.1, -0.05) is 23.7 Å². The molecule has 0 atom stereocenters. The number of nitrogens with two attached hydrogens (primary N) is 1. The smallest absolute Gasteiger partial charge is 0.437 e. The highest BCUT2D eigenvalue weighted by atomic mass is 35.5. The van der Waals surface area contributed by atoms with E-state index in [4.69, 9.17) is 22.1 Å². The number of benzene rings is 1. The van der Waals surface area contributed by atoms with Gasteiger partial charge in [-0.05, 0) is 32.9 Å². The Morgan fingerprint density at radius 3 is 2.45 bits per heavy atom. The molecule has 0 aliphatic rings. The zero-order valence-corrected chi connectivity index (χ0v) is 12.3. The van der Waals surface area contributed by atoms with Gasteiger partial charge in [0.05, 0.1) is 5.69 Å². The molecule has 0 aliphatic heterocycles. The van der Waals surface area contributed by atoms with Crippen molar-refractivity contribution in [2.45, 2.75) is 26.4 Å². The second-order valence-corrected chi connectivity index (χ2v) is 5.79. The van der Waals surface area contributed by atoms with Crippen molar-refractivity contribution >= 4 is 23.5 Å². The quantitative estimate of drug-likeness (QED) is 0.872. The molecule has 0 unspecified atom stereocenters. The van der Waals surface area contributed by atoms with Gasteiger partial charge in [0.25, 0.3) is 0 Å². The molecule has 1 aromatic heterocycles. The van der Waals surface area contributed by atoms with Crippen LogP contribution in [0.4, 0.5) is 10.6 Å². The van der Waals surface area contributed by atoms with Crippen LogP contribution < -0.4 is 5.73 Å². The van der Waals surface area contributed by atoms with Gasteiger partial charge in [-0.3, -0.25) is 0 Å². The van der Waals surface area contributed by atoms with Crippen LogP contribution in [0.25, 0.3) is 11.3 Å². The van der Waals surface area contributed by atoms with Crippen LogP contribution in [0.15, 0.2) is 30.3 Å². The first kappa shape index (κ1) is 14.4. The number of ether oxygens (including phenoxy) is 1. The number of carbonyl (C=O) groups is 1. The molecule has 2 rings (SSSR count). The van der Waals surface area contributed by atoms with Crippen LogP contribution in [0.1, 0.15) is 20.8 Å². The van der Waals surface area contributed by atoms with E-state index in [1.807, 2.05) is 12.1 Å². The molecular formula is C14H16ClN3O2. The average molecular weight is 294 g/mol. The lowest BCUT2D eigenvalue weighted by Crippen LogP contribution is -2.28. The maximum absolute atomic E-state index is 12.0. The molecule has 106 valence electrons. The summed E-state index contributed by atoms with van der Waals surface area (Å²) in [5.41, 5.74) is 6.61. The van der Waals surface area contributed by atoms with Crippen molar-refractivity contribution < 1.29 is 9.53 Å². The van der Waals surface area contributed by atoms with Crippen molar-refractivity contribution in [2.24, 2.45) is 0 Å². The summed E-state index contributed by atoms with van der Waals surface area (Å²) in [7, 11) is 0. The van der Waals surface area contributed by atoms with Crippen LogP contribution >= 0.6 is 11.6 Å². The van der Waals surface area contributed by atoms with Gasteiger partial charge in [0, 0.05) is 16.7 Å². The number of carbonyl (C=O) groups excluding carboxylic acids is 1. The minimum absolute atomic E-state index is 0.226. The molecule has 1 aromatic carbocycles. The van der Waals surface area contributed by atoms with Crippen LogP contribution in [-0.2, 0) is 4.74 Å². The second-order valence-electron chi connectivity index (χ2n) is 5.35. The Balaban J connectivity index is 2.30. The molecule has 0 bridgehead atoms. The van der Waals surface area contributed by atoms with Crippen molar-refractivity contribution in [1.29, 1.82) is 0 Å². The van der Waals surface area contributed by atoms with E-state index in [0.717, 1.165) is 10.2 Å². The molecule has 1 heterocycles. The summed E-state index contributed by atoms with van der Waals surface area (Å²) in [4.78, 5) is 12.0. The highest BCUT2D eigenvalue weighted by Gasteiger charge is 2.21. The number of aromatic nitrogens is 2. The fourth-order valence-corrected chi connectivity index (χ4v) is 1.73. The van der Waals surface area contributed by atoms with Crippen LogP contribution in [-0.4, -0.2) is 21.5 Å². The van der Waals surface area contributed by atoms with Crippen molar-refractivity contribution in [2.75, 3.05) is 5.73 Å². The number of nitrogen functional groups attached to an aromatic ring is 1. The van der Waals surface area contributed by atoms with E-state index in [1.165, 1.54) is 0 Å². The SMILES string of the molecule is CC(C)(C)OC(=O)n1nc(-c2ccc(Cl)cc2)cc1N. The van der Waals surface area contributed by atoms with Gasteiger partial charge < -0.3 is 10.5 Å². The maximum atomic E-state index is 12.0. The molecule has 20 heavy (non-hydrogen) atoms. The standard InChI is InChI=1S/C14H16ClN3O2/c1-14(2,3)20-13(19)18-12(16)8-11(17-18)9-4-6-10(15)7-5-9/h4-8H,16H2,1-3H3. The van der Waals surface area contributed by atoms with E-state index in [9.17, 15) is 4.79 Å². The van der Waals surface area contributed by atoms with Gasteiger partial charge in [-0.2, -0.15) is 5.10 Å². The van der Waals surface area contributed by atoms with E-state index in [-0.39, 0.29) is 5.82 Å². The lowest BCUT2D eigenvalue weighted by molar-refractivity contribution is 0.0519. The molecule has 0 amide bonds. The number of rotatable bonds is 1. The predicted octanol–water partition coefficient (Wildman–Crippen LogP) is 3.57. The summed E-state index contributed by atoms with van der Waals surface area (Å²) in [6, 6.07) is 8.74. The highest BCUT2D eigenvalue weighted by Crippen LogP contribution is 2.23. The Morgan fingerprint density at radius 2 is 1.90 bits per heavy atom. The van der Waals surface area contributed by atoms with Gasteiger partial charge in [-0.15, -0.1) is 4.68 Å². The van der Waals surface area contributed by atoms with Gasteiger partial charge in [-0.25, -0.2) is 4.79 Å². The second kappa shape index (κ2) is 5.17. The predicted molar refractivity (Wildman–Crippen MR) is 78.7 cm³/mol. The van der Waals surface area contributed by atoms with Crippen LogP contribution in [0, 0.1) is 0 Å². The minimum atomic E-state index is -0.602. The Hall–Kier alpha value is -2.01. The molecule has 0 fully saturated rings. The first-order chi connectivity index (χ1) is 9.26. The molecule has 2 N–H and O–H groups in total. The molecule has 0 saturated heterocycles. The van der Waals surface area contributed by atoms with E-state index in [2.05, 4.69) is 5.10 Å². The van der Waals surface area contributed by atoms with E-state index in [1.54, 1.807) is 39.0 Å². The third-order valence-electron chi connectivity index (χ3n) is 2.44. The molecule has 0 saturated carbocycles. The van der Waals surface area contributed by atoms with E-state index in [0.29, 0.717) is 10.7 Å². The summed E-state index contributed by atoms with van der Waals surface area (Å²) in [6.07, 6.45) is -0.602. The molecule has 2 aromatic rings. The summed E-state index contributed by atoms with van der Waals surface area (Å²) in [5.74, 6) is 0.226. The summed E-state index contributed by atoms with van der Waals surface area (Å²) in [6.45, 7) is 5.35. The van der Waals surface area contributed by atoms with Crippen LogP contribution in [0.3, 0.4) is 0 Å². The van der Waals surface area contributed by atoms with Crippen molar-refractivity contribution in [3.8, 4) is 11.3 Å². The first-order valence-electron chi connectivity index (χ1n) is 6.11. The van der Waals surface area contributed by atoms with Crippen molar-refractivity contribution in [1.82, 2.24) is 9.78 Å². The third kappa shape index (κ3) is 3.30. The zero-order valence-electron chi connectivity index (χ0n) is 11.6. The van der Waals surface area contributed by atoms with Gasteiger partial charge >= 0.3 is 6.09 Å². The molecule has 6 heteroatoms. The van der Waals surface area contributed by atoms with Gasteiger partial charge in [0.2, 0.25) is 0 Å². The zero-order chi connectivity index (χ0) is 14.9. The number of nitrogens with zero attached hydrogens (tertiary/aromatic N) is 2.